The molecular weight excluding hydrogens is 464 g/mol. The summed E-state index contributed by atoms with van der Waals surface area (Å²) in [7, 11) is -2.27. The predicted octanol–water partition coefficient (Wildman–Crippen LogP) is 4.66. The van der Waals surface area contributed by atoms with Crippen LogP contribution in [0.4, 0.5) is 5.69 Å². The van der Waals surface area contributed by atoms with E-state index in [4.69, 9.17) is 14.7 Å². The minimum atomic E-state index is -3.76. The second-order valence-electron chi connectivity index (χ2n) is 7.73. The Morgan fingerprint density at radius 1 is 0.914 bits per heavy atom. The van der Waals surface area contributed by atoms with Gasteiger partial charge in [0.05, 0.1) is 22.2 Å². The lowest BCUT2D eigenvalue weighted by atomic mass is 10.1. The van der Waals surface area contributed by atoms with Gasteiger partial charge in [0.1, 0.15) is 12.4 Å². The van der Waals surface area contributed by atoms with Crippen molar-refractivity contribution in [2.75, 3.05) is 18.0 Å². The maximum atomic E-state index is 13.1. The molecule has 8 heteroatoms. The van der Waals surface area contributed by atoms with Crippen molar-refractivity contribution in [2.45, 2.75) is 11.5 Å². The standard InChI is InChI=1S/C27H22N2O5S/c1-29(35(31,32)26-15-10-22-4-2-3-5-23(22)16-26)24-11-13-25(14-12-24)33-19-27(30)34-18-21-8-6-20(17-28)7-9-21/h2-16H,18-19H2,1H3. The van der Waals surface area contributed by atoms with Crippen LogP contribution in [-0.2, 0) is 26.2 Å². The van der Waals surface area contributed by atoms with Crippen LogP contribution in [-0.4, -0.2) is 28.0 Å². The average Bonchev–Trinajstić information content (AvgIpc) is 2.90. The van der Waals surface area contributed by atoms with Gasteiger partial charge in [-0.25, -0.2) is 13.2 Å². The van der Waals surface area contributed by atoms with Crippen LogP contribution in [0.25, 0.3) is 10.8 Å². The molecule has 0 heterocycles. The number of ether oxygens (including phenoxy) is 2. The summed E-state index contributed by atoms with van der Waals surface area (Å²) in [6.07, 6.45) is 0. The second kappa shape index (κ2) is 10.3. The number of fused-ring (bicyclic) bond motifs is 1. The number of nitrogens with zero attached hydrogens (tertiary/aromatic N) is 2. The molecule has 0 aliphatic rings. The van der Waals surface area contributed by atoms with Crippen molar-refractivity contribution in [3.05, 3.63) is 102 Å². The molecule has 0 fully saturated rings. The maximum absolute atomic E-state index is 13.1. The van der Waals surface area contributed by atoms with Gasteiger partial charge in [0.15, 0.2) is 6.61 Å². The summed E-state index contributed by atoms with van der Waals surface area (Å²) in [6, 6.07) is 27.8. The third-order valence-corrected chi connectivity index (χ3v) is 7.20. The first-order valence-corrected chi connectivity index (χ1v) is 12.2. The van der Waals surface area contributed by atoms with E-state index < -0.39 is 16.0 Å². The van der Waals surface area contributed by atoms with Crippen LogP contribution in [0.15, 0.2) is 95.9 Å². The van der Waals surface area contributed by atoms with Crippen LogP contribution in [0.1, 0.15) is 11.1 Å². The van der Waals surface area contributed by atoms with E-state index in [0.29, 0.717) is 17.0 Å². The van der Waals surface area contributed by atoms with Gasteiger partial charge in [-0.1, -0.05) is 42.5 Å². The van der Waals surface area contributed by atoms with Gasteiger partial charge in [-0.05, 0) is 64.9 Å². The molecule has 0 aliphatic carbocycles. The first kappa shape index (κ1) is 23.8. The lowest BCUT2D eigenvalue weighted by molar-refractivity contribution is -0.147. The molecule has 0 radical (unpaired) electrons. The number of carbonyl (C=O) groups excluding carboxylic acids is 1. The molecule has 0 N–H and O–H groups in total. The third kappa shape index (κ3) is 5.60. The van der Waals surface area contributed by atoms with E-state index >= 15 is 0 Å². The van der Waals surface area contributed by atoms with Gasteiger partial charge in [-0.3, -0.25) is 4.31 Å². The Morgan fingerprint density at radius 2 is 1.60 bits per heavy atom. The smallest absolute Gasteiger partial charge is 0.344 e. The van der Waals surface area contributed by atoms with E-state index in [0.717, 1.165) is 16.3 Å². The summed E-state index contributed by atoms with van der Waals surface area (Å²) in [5.41, 5.74) is 1.74. The quantitative estimate of drug-likeness (QED) is 0.336. The number of anilines is 1. The Labute approximate surface area is 203 Å². The zero-order valence-electron chi connectivity index (χ0n) is 18.9. The molecule has 0 unspecified atom stereocenters. The number of benzene rings is 4. The summed E-state index contributed by atoms with van der Waals surface area (Å²) in [6.45, 7) is -0.217. The van der Waals surface area contributed by atoms with Crippen molar-refractivity contribution < 1.29 is 22.7 Å². The van der Waals surface area contributed by atoms with Crippen LogP contribution in [0.2, 0.25) is 0 Å². The van der Waals surface area contributed by atoms with Crippen molar-refractivity contribution in [1.82, 2.24) is 0 Å². The molecule has 35 heavy (non-hydrogen) atoms. The van der Waals surface area contributed by atoms with Crippen molar-refractivity contribution in [3.8, 4) is 11.8 Å². The third-order valence-electron chi connectivity index (χ3n) is 5.42. The number of esters is 1. The summed E-state index contributed by atoms with van der Waals surface area (Å²) in [5.74, 6) is -0.144. The number of hydrogen-bond donors (Lipinski definition) is 0. The van der Waals surface area contributed by atoms with Crippen LogP contribution in [0.5, 0.6) is 5.75 Å². The summed E-state index contributed by atoms with van der Waals surface area (Å²) >= 11 is 0. The lowest BCUT2D eigenvalue weighted by Gasteiger charge is -2.20. The highest BCUT2D eigenvalue weighted by atomic mass is 32.2. The number of hydrogen-bond acceptors (Lipinski definition) is 6. The van der Waals surface area contributed by atoms with Gasteiger partial charge in [-0.2, -0.15) is 5.26 Å². The molecule has 0 saturated heterocycles. The maximum Gasteiger partial charge on any atom is 0.344 e. The fraction of sp³-hybridized carbons (Fsp3) is 0.111. The normalized spacial score (nSPS) is 11.0. The van der Waals surface area contributed by atoms with E-state index in [1.807, 2.05) is 30.3 Å². The van der Waals surface area contributed by atoms with Crippen LogP contribution >= 0.6 is 0 Å². The Kier molecular flexibility index (Phi) is 6.99. The zero-order chi connectivity index (χ0) is 24.8. The van der Waals surface area contributed by atoms with E-state index in [2.05, 4.69) is 0 Å². The molecule has 0 aliphatic heterocycles. The van der Waals surface area contributed by atoms with Gasteiger partial charge in [-0.15, -0.1) is 0 Å². The Morgan fingerprint density at radius 3 is 2.29 bits per heavy atom. The summed E-state index contributed by atoms with van der Waals surface area (Å²) in [5, 5.41) is 10.6. The van der Waals surface area contributed by atoms with E-state index in [-0.39, 0.29) is 18.1 Å². The van der Waals surface area contributed by atoms with Crippen molar-refractivity contribution >= 4 is 32.5 Å². The van der Waals surface area contributed by atoms with Crippen LogP contribution in [0, 0.1) is 11.3 Å². The minimum absolute atomic E-state index is 0.0737. The highest BCUT2D eigenvalue weighted by Gasteiger charge is 2.21. The molecule has 4 aromatic rings. The van der Waals surface area contributed by atoms with Crippen LogP contribution in [0.3, 0.4) is 0 Å². The fourth-order valence-corrected chi connectivity index (χ4v) is 4.63. The molecule has 4 aromatic carbocycles. The predicted molar refractivity (Wildman–Crippen MR) is 132 cm³/mol. The Bertz CT molecular complexity index is 1490. The molecular formula is C27H22N2O5S. The summed E-state index contributed by atoms with van der Waals surface area (Å²) in [4.78, 5) is 12.2. The molecule has 0 amide bonds. The Balaban J connectivity index is 1.35. The molecule has 0 saturated carbocycles. The molecule has 4 rings (SSSR count). The van der Waals surface area contributed by atoms with Crippen molar-refractivity contribution in [1.29, 1.82) is 5.26 Å². The van der Waals surface area contributed by atoms with Gasteiger partial charge < -0.3 is 9.47 Å². The van der Waals surface area contributed by atoms with Crippen LogP contribution < -0.4 is 9.04 Å². The van der Waals surface area contributed by atoms with Gasteiger partial charge in [0.25, 0.3) is 10.0 Å². The highest BCUT2D eigenvalue weighted by Crippen LogP contribution is 2.26. The molecule has 176 valence electrons. The zero-order valence-corrected chi connectivity index (χ0v) is 19.7. The molecule has 0 bridgehead atoms. The van der Waals surface area contributed by atoms with Crippen molar-refractivity contribution in [2.24, 2.45) is 0 Å². The summed E-state index contributed by atoms with van der Waals surface area (Å²) < 4.78 is 38.1. The lowest BCUT2D eigenvalue weighted by Crippen LogP contribution is -2.26. The minimum Gasteiger partial charge on any atom is -0.482 e. The largest absolute Gasteiger partial charge is 0.482 e. The number of sulfonamides is 1. The van der Waals surface area contributed by atoms with E-state index in [1.54, 1.807) is 66.7 Å². The molecule has 0 atom stereocenters. The number of rotatable bonds is 8. The fourth-order valence-electron chi connectivity index (χ4n) is 3.40. The first-order chi connectivity index (χ1) is 16.9. The molecule has 7 nitrogen and oxygen atoms in total. The van der Waals surface area contributed by atoms with Gasteiger partial charge >= 0.3 is 5.97 Å². The van der Waals surface area contributed by atoms with Crippen molar-refractivity contribution in [3.63, 3.8) is 0 Å². The number of carbonyl (C=O) groups is 1. The highest BCUT2D eigenvalue weighted by molar-refractivity contribution is 7.92. The monoisotopic (exact) mass is 486 g/mol. The molecule has 0 spiro atoms. The van der Waals surface area contributed by atoms with E-state index in [9.17, 15) is 13.2 Å². The second-order valence-corrected chi connectivity index (χ2v) is 9.70. The molecule has 0 aromatic heterocycles. The van der Waals surface area contributed by atoms with Gasteiger partial charge in [0.2, 0.25) is 0 Å². The average molecular weight is 487 g/mol. The topological polar surface area (TPSA) is 96.7 Å². The van der Waals surface area contributed by atoms with Gasteiger partial charge in [0, 0.05) is 7.05 Å². The first-order valence-electron chi connectivity index (χ1n) is 10.7. The SMILES string of the molecule is CN(c1ccc(OCC(=O)OCc2ccc(C#N)cc2)cc1)S(=O)(=O)c1ccc2ccccc2c1. The Hall–Kier alpha value is -4.35. The number of nitriles is 1. The van der Waals surface area contributed by atoms with E-state index in [1.165, 1.54) is 11.4 Å².